The molecule has 12 nitrogen and oxygen atoms in total. The number of aromatic nitrogens is 6. The topological polar surface area (TPSA) is 148 Å². The van der Waals surface area contributed by atoms with Gasteiger partial charge in [-0.1, -0.05) is 5.21 Å². The van der Waals surface area contributed by atoms with Crippen LogP contribution in [0, 0.1) is 6.92 Å². The summed E-state index contributed by atoms with van der Waals surface area (Å²) in [6, 6.07) is 1.82. The van der Waals surface area contributed by atoms with E-state index < -0.39 is 38.6 Å². The summed E-state index contributed by atoms with van der Waals surface area (Å²) in [5.41, 5.74) is -6.35. The number of methoxy groups -OCH3 is 1. The fraction of sp³-hybridized carbons (Fsp3) is 0.250. The van der Waals surface area contributed by atoms with Gasteiger partial charge < -0.3 is 8.92 Å². The number of hydrogen-bond acceptors (Lipinski definition) is 10. The molecule has 3 aromatic heterocycles. The van der Waals surface area contributed by atoms with Gasteiger partial charge in [-0.2, -0.15) is 31.4 Å². The van der Waals surface area contributed by atoms with Gasteiger partial charge >= 0.3 is 21.6 Å². The monoisotopic (exact) mass is 474 g/mol. The zero-order valence-corrected chi connectivity index (χ0v) is 17.3. The van der Waals surface area contributed by atoms with E-state index in [0.29, 0.717) is 27.7 Å². The highest BCUT2D eigenvalue weighted by Crippen LogP contribution is 2.28. The van der Waals surface area contributed by atoms with E-state index in [1.54, 1.807) is 14.0 Å². The lowest BCUT2D eigenvalue weighted by atomic mass is 10.1. The quantitative estimate of drug-likeness (QED) is 0.295. The minimum absolute atomic E-state index is 0.00665. The molecule has 3 rings (SSSR count). The van der Waals surface area contributed by atoms with Crippen molar-refractivity contribution in [1.29, 1.82) is 0 Å². The number of ether oxygens (including phenoxy) is 1. The average molecular weight is 474 g/mol. The van der Waals surface area contributed by atoms with E-state index in [1.165, 1.54) is 23.1 Å². The Morgan fingerprint density at radius 2 is 1.88 bits per heavy atom. The number of carbonyl (C=O) groups excluding carboxylic acids is 1. The third kappa shape index (κ3) is 4.16. The Hall–Kier alpha value is -3.82. The fourth-order valence-electron chi connectivity index (χ4n) is 2.52. The van der Waals surface area contributed by atoms with Gasteiger partial charge in [0.15, 0.2) is 5.75 Å². The summed E-state index contributed by atoms with van der Waals surface area (Å²) in [4.78, 5) is 28.7. The molecule has 0 aliphatic carbocycles. The summed E-state index contributed by atoms with van der Waals surface area (Å²) in [5, 5.41) is 11.2. The third-order valence-electron chi connectivity index (χ3n) is 4.07. The Labute approximate surface area is 177 Å². The minimum atomic E-state index is -6.18. The van der Waals surface area contributed by atoms with Crippen molar-refractivity contribution in [2.24, 2.45) is 7.05 Å². The van der Waals surface area contributed by atoms with Gasteiger partial charge in [0.05, 0.1) is 37.0 Å². The predicted octanol–water partition coefficient (Wildman–Crippen LogP) is 0.746. The molecular formula is C16H13F3N6O6S. The van der Waals surface area contributed by atoms with Gasteiger partial charge in [0.2, 0.25) is 5.69 Å². The van der Waals surface area contributed by atoms with Gasteiger partial charge in [-0.15, -0.1) is 5.10 Å². The summed E-state index contributed by atoms with van der Waals surface area (Å²) in [6.07, 6.45) is 2.65. The molecule has 3 aromatic rings. The SMILES string of the molecule is COC(=O)c1nn(-c2cnc(C)c(-c3cnnn3C)c2)c(=O)cc1OS(=O)(=O)C(F)(F)F. The second-order valence-corrected chi connectivity index (χ2v) is 7.69. The molecule has 0 aliphatic heterocycles. The fourth-order valence-corrected chi connectivity index (χ4v) is 2.98. The Kier molecular flexibility index (Phi) is 5.73. The maximum atomic E-state index is 12.7. The molecule has 0 spiro atoms. The Balaban J connectivity index is 2.19. The Bertz CT molecular complexity index is 1370. The van der Waals surface area contributed by atoms with E-state index in [-0.39, 0.29) is 5.69 Å². The summed E-state index contributed by atoms with van der Waals surface area (Å²) >= 11 is 0. The highest BCUT2D eigenvalue weighted by Gasteiger charge is 2.49. The van der Waals surface area contributed by atoms with Gasteiger partial charge in [-0.05, 0) is 13.0 Å². The zero-order chi connectivity index (χ0) is 23.8. The molecule has 0 N–H and O–H groups in total. The Morgan fingerprint density at radius 3 is 2.44 bits per heavy atom. The number of rotatable bonds is 5. The molecule has 0 saturated heterocycles. The van der Waals surface area contributed by atoms with Crippen LogP contribution in [0.5, 0.6) is 5.75 Å². The molecular weight excluding hydrogens is 461 g/mol. The predicted molar refractivity (Wildman–Crippen MR) is 99.3 cm³/mol. The maximum Gasteiger partial charge on any atom is 0.534 e. The van der Waals surface area contributed by atoms with Crippen LogP contribution >= 0.6 is 0 Å². The molecule has 0 atom stereocenters. The zero-order valence-electron chi connectivity index (χ0n) is 16.5. The van der Waals surface area contributed by atoms with Crippen molar-refractivity contribution in [2.75, 3.05) is 7.11 Å². The molecule has 3 heterocycles. The van der Waals surface area contributed by atoms with Crippen molar-refractivity contribution in [3.63, 3.8) is 0 Å². The summed E-state index contributed by atoms with van der Waals surface area (Å²) in [7, 11) is -3.69. The van der Waals surface area contributed by atoms with Crippen molar-refractivity contribution < 1.29 is 35.3 Å². The van der Waals surface area contributed by atoms with E-state index in [1.807, 2.05) is 0 Å². The van der Waals surface area contributed by atoms with E-state index in [2.05, 4.69) is 29.3 Å². The summed E-state index contributed by atoms with van der Waals surface area (Å²) < 4.78 is 71.1. The van der Waals surface area contributed by atoms with Crippen LogP contribution in [0.4, 0.5) is 13.2 Å². The van der Waals surface area contributed by atoms with Crippen molar-refractivity contribution in [3.05, 3.63) is 46.3 Å². The van der Waals surface area contributed by atoms with Crippen molar-refractivity contribution in [1.82, 2.24) is 29.8 Å². The smallest absolute Gasteiger partial charge is 0.464 e. The molecule has 0 bridgehead atoms. The molecule has 0 amide bonds. The van der Waals surface area contributed by atoms with Crippen molar-refractivity contribution in [2.45, 2.75) is 12.4 Å². The maximum absolute atomic E-state index is 12.7. The van der Waals surface area contributed by atoms with E-state index in [0.717, 1.165) is 7.11 Å². The first-order valence-corrected chi connectivity index (χ1v) is 9.82. The molecule has 0 radical (unpaired) electrons. The molecule has 0 saturated carbocycles. The summed E-state index contributed by atoms with van der Waals surface area (Å²) in [6.45, 7) is 1.67. The Morgan fingerprint density at radius 1 is 1.19 bits per heavy atom. The molecule has 0 aliphatic rings. The average Bonchev–Trinajstić information content (AvgIpc) is 3.12. The number of esters is 1. The largest absolute Gasteiger partial charge is 0.534 e. The first-order valence-electron chi connectivity index (χ1n) is 8.41. The van der Waals surface area contributed by atoms with E-state index in [4.69, 9.17) is 0 Å². The van der Waals surface area contributed by atoms with E-state index in [9.17, 15) is 31.2 Å². The lowest BCUT2D eigenvalue weighted by Gasteiger charge is -2.13. The van der Waals surface area contributed by atoms with Crippen LogP contribution in [0.15, 0.2) is 29.3 Å². The number of hydrogen-bond donors (Lipinski definition) is 0. The summed E-state index contributed by atoms with van der Waals surface area (Å²) in [5.74, 6) is -2.59. The lowest BCUT2D eigenvalue weighted by Crippen LogP contribution is -2.31. The molecule has 16 heteroatoms. The van der Waals surface area contributed by atoms with Gasteiger partial charge in [-0.25, -0.2) is 9.48 Å². The second kappa shape index (κ2) is 8.03. The van der Waals surface area contributed by atoms with Crippen molar-refractivity contribution in [3.8, 4) is 22.7 Å². The van der Waals surface area contributed by atoms with Crippen LogP contribution < -0.4 is 9.74 Å². The number of halogens is 3. The second-order valence-electron chi connectivity index (χ2n) is 6.15. The van der Waals surface area contributed by atoms with Crippen LogP contribution in [0.2, 0.25) is 0 Å². The van der Waals surface area contributed by atoms with Crippen LogP contribution in [-0.4, -0.2) is 56.8 Å². The molecule has 170 valence electrons. The van der Waals surface area contributed by atoms with Crippen molar-refractivity contribution >= 4 is 16.1 Å². The molecule has 0 fully saturated rings. The third-order valence-corrected chi connectivity index (χ3v) is 5.03. The van der Waals surface area contributed by atoms with E-state index >= 15 is 0 Å². The molecule has 32 heavy (non-hydrogen) atoms. The van der Waals surface area contributed by atoms with Crippen LogP contribution in [0.3, 0.4) is 0 Å². The standard InChI is InChI=1S/C16H13F3N6O6S/c1-8-10(11-7-21-23-24(11)2)4-9(6-20-8)25-13(26)5-12(14(22-25)15(27)30-3)31-32(28,29)16(17,18)19/h4-7H,1-3H3. The highest BCUT2D eigenvalue weighted by atomic mass is 32.2. The first kappa shape index (κ1) is 22.9. The normalized spacial score (nSPS) is 11.9. The van der Waals surface area contributed by atoms with Crippen LogP contribution in [0.25, 0.3) is 16.9 Å². The van der Waals surface area contributed by atoms with Crippen LogP contribution in [-0.2, 0) is 21.9 Å². The molecule has 0 aromatic carbocycles. The number of aryl methyl sites for hydroxylation is 2. The number of pyridine rings is 1. The van der Waals surface area contributed by atoms with Gasteiger partial charge in [0, 0.05) is 18.3 Å². The number of carbonyl (C=O) groups is 1. The van der Waals surface area contributed by atoms with Gasteiger partial charge in [0.1, 0.15) is 0 Å². The van der Waals surface area contributed by atoms with Crippen LogP contribution in [0.1, 0.15) is 16.2 Å². The molecule has 0 unspecified atom stereocenters. The van der Waals surface area contributed by atoms with Gasteiger partial charge in [-0.3, -0.25) is 9.78 Å². The van der Waals surface area contributed by atoms with Gasteiger partial charge in [0.25, 0.3) is 5.56 Å². The highest BCUT2D eigenvalue weighted by molar-refractivity contribution is 7.88. The number of nitrogens with zero attached hydrogens (tertiary/aromatic N) is 6. The first-order chi connectivity index (χ1) is 14.9. The minimum Gasteiger partial charge on any atom is -0.464 e. The lowest BCUT2D eigenvalue weighted by molar-refractivity contribution is -0.0500. The number of alkyl halides is 3.